The molecule has 3 atom stereocenters. The van der Waals surface area contributed by atoms with Gasteiger partial charge in [-0.1, -0.05) is 6.07 Å². The smallest absolute Gasteiger partial charge is 0.182 e. The zero-order chi connectivity index (χ0) is 16.8. The van der Waals surface area contributed by atoms with Crippen LogP contribution in [0.2, 0.25) is 0 Å². The Kier molecular flexibility index (Phi) is 4.29. The van der Waals surface area contributed by atoms with Crippen molar-refractivity contribution in [1.82, 2.24) is 9.99 Å². The lowest BCUT2D eigenvalue weighted by Gasteiger charge is -2.45. The van der Waals surface area contributed by atoms with Crippen molar-refractivity contribution < 1.29 is 9.35 Å². The summed E-state index contributed by atoms with van der Waals surface area (Å²) >= 11 is -1.02. The minimum Gasteiger partial charge on any atom is -0.615 e. The maximum absolute atomic E-state index is 12.9. The first kappa shape index (κ1) is 16.9. The van der Waals surface area contributed by atoms with Crippen LogP contribution in [-0.4, -0.2) is 37.5 Å². The van der Waals surface area contributed by atoms with Crippen molar-refractivity contribution >= 4 is 17.5 Å². The van der Waals surface area contributed by atoms with Crippen molar-refractivity contribution in [2.45, 2.75) is 56.6 Å². The molecule has 1 aromatic heterocycles. The summed E-state index contributed by atoms with van der Waals surface area (Å²) in [5, 5.41) is 1.64. The van der Waals surface area contributed by atoms with Gasteiger partial charge in [-0.2, -0.15) is 5.01 Å². The van der Waals surface area contributed by atoms with Crippen LogP contribution in [0.1, 0.15) is 55.4 Å². The molecule has 1 saturated heterocycles. The van der Waals surface area contributed by atoms with Crippen molar-refractivity contribution in [1.29, 1.82) is 0 Å². The fourth-order valence-electron chi connectivity index (χ4n) is 3.78. The van der Waals surface area contributed by atoms with Crippen LogP contribution in [0, 0.1) is 5.41 Å². The van der Waals surface area contributed by atoms with E-state index in [9.17, 15) is 9.35 Å². The van der Waals surface area contributed by atoms with E-state index in [1.807, 2.05) is 26.8 Å². The van der Waals surface area contributed by atoms with Gasteiger partial charge in [-0.25, -0.2) is 4.98 Å². The minimum atomic E-state index is -1.02. The first-order valence-corrected chi connectivity index (χ1v) is 9.31. The molecule has 2 N–H and O–H groups in total. The van der Waals surface area contributed by atoms with Crippen molar-refractivity contribution in [3.8, 4) is 0 Å². The molecule has 2 heterocycles. The molecule has 6 heteroatoms. The zero-order valence-corrected chi connectivity index (χ0v) is 14.9. The molecule has 1 aliphatic carbocycles. The Morgan fingerprint density at radius 1 is 1.43 bits per heavy atom. The predicted molar refractivity (Wildman–Crippen MR) is 91.3 cm³/mol. The SMILES string of the molecule is CC(C)(C)[S+]([O-])[C@@H]1CC2(CCN1N)Cc1ccc(C=O)nc1C2. The summed E-state index contributed by atoms with van der Waals surface area (Å²) in [4.78, 5) is 15.4. The van der Waals surface area contributed by atoms with Gasteiger partial charge in [-0.15, -0.1) is 0 Å². The summed E-state index contributed by atoms with van der Waals surface area (Å²) in [5.41, 5.74) is 2.83. The van der Waals surface area contributed by atoms with Gasteiger partial charge in [0.2, 0.25) is 0 Å². The second-order valence-corrected chi connectivity index (χ2v) is 10.2. The van der Waals surface area contributed by atoms with E-state index in [0.29, 0.717) is 5.69 Å². The number of hydrogen-bond donors (Lipinski definition) is 1. The first-order valence-electron chi connectivity index (χ1n) is 8.10. The molecule has 1 aliphatic heterocycles. The molecule has 0 bridgehead atoms. The average Bonchev–Trinajstić information content (AvgIpc) is 2.85. The van der Waals surface area contributed by atoms with Gasteiger partial charge in [0.25, 0.3) is 0 Å². The second kappa shape index (κ2) is 5.84. The molecule has 3 rings (SSSR count). The summed E-state index contributed by atoms with van der Waals surface area (Å²) in [6, 6.07) is 3.80. The van der Waals surface area contributed by atoms with Crippen LogP contribution >= 0.6 is 0 Å². The normalized spacial score (nSPS) is 29.5. The van der Waals surface area contributed by atoms with E-state index in [1.165, 1.54) is 5.56 Å². The van der Waals surface area contributed by atoms with Gasteiger partial charge in [0, 0.05) is 18.7 Å². The molecular formula is C17H25N3O2S. The third-order valence-corrected chi connectivity index (χ3v) is 7.19. The number of hydrazine groups is 1. The van der Waals surface area contributed by atoms with E-state index in [1.54, 1.807) is 11.1 Å². The molecule has 1 spiro atoms. The fourth-order valence-corrected chi connectivity index (χ4v) is 5.45. The highest BCUT2D eigenvalue weighted by Gasteiger charge is 2.49. The minimum absolute atomic E-state index is 0.0816. The van der Waals surface area contributed by atoms with Gasteiger partial charge in [0.05, 0.1) is 0 Å². The molecule has 126 valence electrons. The molecule has 1 aromatic rings. The quantitative estimate of drug-likeness (QED) is 0.506. The van der Waals surface area contributed by atoms with Crippen LogP contribution in [-0.2, 0) is 24.0 Å². The predicted octanol–water partition coefficient (Wildman–Crippen LogP) is 1.82. The number of carbonyl (C=O) groups is 1. The number of piperidine rings is 1. The lowest BCUT2D eigenvalue weighted by Crippen LogP contribution is -2.57. The number of nitrogens with zero attached hydrogens (tertiary/aromatic N) is 2. The molecule has 0 amide bonds. The Labute approximate surface area is 140 Å². The van der Waals surface area contributed by atoms with Crippen LogP contribution in [0.25, 0.3) is 0 Å². The fraction of sp³-hybridized carbons (Fsp3) is 0.647. The molecular weight excluding hydrogens is 310 g/mol. The highest BCUT2D eigenvalue weighted by atomic mass is 32.2. The Balaban J connectivity index is 1.83. The molecule has 1 fully saturated rings. The lowest BCUT2D eigenvalue weighted by atomic mass is 9.76. The molecule has 0 radical (unpaired) electrons. The topological polar surface area (TPSA) is 82.3 Å². The monoisotopic (exact) mass is 335 g/mol. The maximum Gasteiger partial charge on any atom is 0.182 e. The third-order valence-electron chi connectivity index (χ3n) is 5.05. The van der Waals surface area contributed by atoms with Gasteiger partial charge in [0.1, 0.15) is 10.4 Å². The Hall–Kier alpha value is -0.950. The maximum atomic E-state index is 12.9. The highest BCUT2D eigenvalue weighted by Crippen LogP contribution is 2.47. The number of aldehydes is 1. The van der Waals surface area contributed by atoms with Gasteiger partial charge < -0.3 is 4.55 Å². The molecule has 0 aromatic carbocycles. The first-order chi connectivity index (χ1) is 10.7. The van der Waals surface area contributed by atoms with Gasteiger partial charge in [-0.3, -0.25) is 10.6 Å². The van der Waals surface area contributed by atoms with Crippen LogP contribution in [0.5, 0.6) is 0 Å². The van der Waals surface area contributed by atoms with Crippen molar-refractivity contribution in [2.75, 3.05) is 6.54 Å². The number of carbonyl (C=O) groups excluding carboxylic acids is 1. The van der Waals surface area contributed by atoms with Gasteiger partial charge >= 0.3 is 0 Å². The van der Waals surface area contributed by atoms with Crippen LogP contribution in [0.3, 0.4) is 0 Å². The van der Waals surface area contributed by atoms with Gasteiger partial charge in [0.15, 0.2) is 11.7 Å². The largest absolute Gasteiger partial charge is 0.615 e. The molecule has 23 heavy (non-hydrogen) atoms. The highest BCUT2D eigenvalue weighted by molar-refractivity contribution is 7.93. The standard InChI is InChI=1S/C17H25N3O2S/c1-16(2,3)23(22)15-10-17(6-7-20(15)18)8-12-4-5-13(11-21)19-14(12)9-17/h4-5,11,15H,6-10,18H2,1-3H3/t15-,17?,23?/m1/s1. The summed E-state index contributed by atoms with van der Waals surface area (Å²) in [6.45, 7) is 6.75. The number of fused-ring (bicyclic) bond motifs is 1. The van der Waals surface area contributed by atoms with E-state index >= 15 is 0 Å². The van der Waals surface area contributed by atoms with E-state index in [0.717, 1.165) is 44.2 Å². The molecule has 5 nitrogen and oxygen atoms in total. The average molecular weight is 335 g/mol. The van der Waals surface area contributed by atoms with Crippen LogP contribution in [0.15, 0.2) is 12.1 Å². The van der Waals surface area contributed by atoms with Crippen LogP contribution in [0.4, 0.5) is 0 Å². The van der Waals surface area contributed by atoms with E-state index in [2.05, 4.69) is 4.98 Å². The Morgan fingerprint density at radius 3 is 2.83 bits per heavy atom. The van der Waals surface area contributed by atoms with E-state index < -0.39 is 11.2 Å². The van der Waals surface area contributed by atoms with E-state index in [4.69, 9.17) is 5.84 Å². The van der Waals surface area contributed by atoms with E-state index in [-0.39, 0.29) is 15.5 Å². The summed E-state index contributed by atoms with van der Waals surface area (Å²) in [7, 11) is 0. The molecule has 2 aliphatic rings. The van der Waals surface area contributed by atoms with Crippen molar-refractivity contribution in [3.63, 3.8) is 0 Å². The number of hydrogen-bond acceptors (Lipinski definition) is 5. The second-order valence-electron chi connectivity index (χ2n) is 7.87. The molecule has 0 saturated carbocycles. The van der Waals surface area contributed by atoms with Crippen molar-refractivity contribution in [2.24, 2.45) is 11.3 Å². The number of rotatable bonds is 2. The van der Waals surface area contributed by atoms with Gasteiger partial charge in [-0.05, 0) is 68.3 Å². The summed E-state index contributed by atoms with van der Waals surface area (Å²) in [6.07, 6.45) is 4.40. The number of aromatic nitrogens is 1. The Morgan fingerprint density at radius 2 is 2.17 bits per heavy atom. The Bertz CT molecular complexity index is 616. The summed E-state index contributed by atoms with van der Waals surface area (Å²) < 4.78 is 12.6. The molecule has 2 unspecified atom stereocenters. The zero-order valence-electron chi connectivity index (χ0n) is 14.0. The van der Waals surface area contributed by atoms with Crippen molar-refractivity contribution in [3.05, 3.63) is 29.1 Å². The number of pyridine rings is 1. The third kappa shape index (κ3) is 3.18. The number of nitrogens with two attached hydrogens (primary N) is 1. The van der Waals surface area contributed by atoms with Crippen LogP contribution < -0.4 is 5.84 Å². The lowest BCUT2D eigenvalue weighted by molar-refractivity contribution is 0.0896. The summed E-state index contributed by atoms with van der Waals surface area (Å²) in [5.74, 6) is 6.16.